The zero-order valence-corrected chi connectivity index (χ0v) is 17.6. The van der Waals surface area contributed by atoms with Gasteiger partial charge in [-0.3, -0.25) is 14.7 Å². The molecule has 1 N–H and O–H groups in total. The lowest BCUT2D eigenvalue weighted by Gasteiger charge is -2.39. The van der Waals surface area contributed by atoms with E-state index in [-0.39, 0.29) is 11.8 Å². The summed E-state index contributed by atoms with van der Waals surface area (Å²) in [7, 11) is -3.19. The van der Waals surface area contributed by atoms with E-state index in [1.165, 1.54) is 16.8 Å². The van der Waals surface area contributed by atoms with E-state index in [2.05, 4.69) is 15.0 Å². The van der Waals surface area contributed by atoms with Crippen molar-refractivity contribution in [3.05, 3.63) is 56.9 Å². The number of fused-ring (bicyclic) bond motifs is 1. The molecule has 1 saturated heterocycles. The van der Waals surface area contributed by atoms with Gasteiger partial charge < -0.3 is 4.52 Å². The molecule has 1 aliphatic rings. The maximum Gasteiger partial charge on any atom is 0.334 e. The van der Waals surface area contributed by atoms with E-state index in [0.717, 1.165) is 5.56 Å². The van der Waals surface area contributed by atoms with Crippen LogP contribution in [-0.2, 0) is 16.6 Å². The molecule has 3 aromatic rings. The highest BCUT2D eigenvalue weighted by molar-refractivity contribution is 7.89. The molecule has 0 radical (unpaired) electrons. The molecule has 11 heteroatoms. The summed E-state index contributed by atoms with van der Waals surface area (Å²) in [5.41, 5.74) is 0.440. The SMILES string of the molecule is CCS(=O)(=O)N1CCN(Cc2ccc3onc(-n4ccc(=O)[nH]c4=O)c3c2)C(C)C1. The molecule has 0 amide bonds. The van der Waals surface area contributed by atoms with Gasteiger partial charge in [0.25, 0.3) is 5.56 Å². The Kier molecular flexibility index (Phi) is 5.35. The maximum atomic E-state index is 12.1. The summed E-state index contributed by atoms with van der Waals surface area (Å²) in [6.07, 6.45) is 1.36. The highest BCUT2D eigenvalue weighted by Crippen LogP contribution is 2.24. The first-order chi connectivity index (χ1) is 14.3. The third kappa shape index (κ3) is 3.83. The van der Waals surface area contributed by atoms with Crippen LogP contribution in [0.3, 0.4) is 0 Å². The highest BCUT2D eigenvalue weighted by Gasteiger charge is 2.30. The smallest absolute Gasteiger partial charge is 0.334 e. The number of sulfonamides is 1. The molecule has 0 bridgehead atoms. The largest absolute Gasteiger partial charge is 0.354 e. The second-order valence-corrected chi connectivity index (χ2v) is 9.65. The molecule has 2 aromatic heterocycles. The van der Waals surface area contributed by atoms with Gasteiger partial charge in [-0.15, -0.1) is 0 Å². The number of hydrogen-bond acceptors (Lipinski definition) is 7. The number of rotatable bonds is 5. The normalized spacial score (nSPS) is 18.8. The van der Waals surface area contributed by atoms with E-state index >= 15 is 0 Å². The van der Waals surface area contributed by atoms with Gasteiger partial charge in [-0.2, -0.15) is 4.31 Å². The summed E-state index contributed by atoms with van der Waals surface area (Å²) < 4.78 is 32.4. The lowest BCUT2D eigenvalue weighted by molar-refractivity contribution is 0.122. The summed E-state index contributed by atoms with van der Waals surface area (Å²) in [5.74, 6) is 0.413. The highest BCUT2D eigenvalue weighted by atomic mass is 32.2. The van der Waals surface area contributed by atoms with Crippen LogP contribution < -0.4 is 11.2 Å². The van der Waals surface area contributed by atoms with E-state index in [4.69, 9.17) is 4.52 Å². The predicted octanol–water partition coefficient (Wildman–Crippen LogP) is 0.523. The van der Waals surface area contributed by atoms with Crippen molar-refractivity contribution in [2.75, 3.05) is 25.4 Å². The Bertz CT molecular complexity index is 1290. The molecule has 1 aliphatic heterocycles. The van der Waals surface area contributed by atoms with E-state index in [1.54, 1.807) is 17.3 Å². The van der Waals surface area contributed by atoms with Crippen molar-refractivity contribution in [3.8, 4) is 5.82 Å². The minimum absolute atomic E-state index is 0.0690. The van der Waals surface area contributed by atoms with Gasteiger partial charge in [0.05, 0.1) is 11.1 Å². The fourth-order valence-corrected chi connectivity index (χ4v) is 4.86. The Hall–Kier alpha value is -2.76. The number of H-pyrrole nitrogens is 1. The van der Waals surface area contributed by atoms with Gasteiger partial charge in [-0.05, 0) is 31.5 Å². The molecule has 0 saturated carbocycles. The molecule has 30 heavy (non-hydrogen) atoms. The summed E-state index contributed by atoms with van der Waals surface area (Å²) in [5, 5.41) is 4.64. The molecule has 3 heterocycles. The number of hydrogen-bond donors (Lipinski definition) is 1. The average molecular weight is 433 g/mol. The Labute approximate surface area is 172 Å². The average Bonchev–Trinajstić information content (AvgIpc) is 3.12. The van der Waals surface area contributed by atoms with Gasteiger partial charge in [0.15, 0.2) is 11.4 Å². The molecule has 160 valence electrons. The Morgan fingerprint density at radius 1 is 1.23 bits per heavy atom. The van der Waals surface area contributed by atoms with Crippen molar-refractivity contribution in [2.24, 2.45) is 0 Å². The first kappa shape index (κ1) is 20.5. The lowest BCUT2D eigenvalue weighted by Crippen LogP contribution is -2.53. The van der Waals surface area contributed by atoms with Gasteiger partial charge in [0.1, 0.15) is 0 Å². The first-order valence-corrected chi connectivity index (χ1v) is 11.3. The molecule has 1 fully saturated rings. The van der Waals surface area contributed by atoms with Crippen molar-refractivity contribution in [1.29, 1.82) is 0 Å². The third-order valence-electron chi connectivity index (χ3n) is 5.44. The van der Waals surface area contributed by atoms with Gasteiger partial charge in [-0.25, -0.2) is 17.8 Å². The fourth-order valence-electron chi connectivity index (χ4n) is 3.70. The van der Waals surface area contributed by atoms with Gasteiger partial charge in [0.2, 0.25) is 10.0 Å². The van der Waals surface area contributed by atoms with Gasteiger partial charge in [0, 0.05) is 44.5 Å². The van der Waals surface area contributed by atoms with Gasteiger partial charge in [-0.1, -0.05) is 11.2 Å². The van der Waals surface area contributed by atoms with E-state index in [9.17, 15) is 18.0 Å². The van der Waals surface area contributed by atoms with Crippen molar-refractivity contribution < 1.29 is 12.9 Å². The van der Waals surface area contributed by atoms with Crippen molar-refractivity contribution in [3.63, 3.8) is 0 Å². The number of aromatic amines is 1. The van der Waals surface area contributed by atoms with Gasteiger partial charge >= 0.3 is 5.69 Å². The number of nitrogens with one attached hydrogen (secondary N) is 1. The van der Waals surface area contributed by atoms with Crippen LogP contribution >= 0.6 is 0 Å². The zero-order chi connectivity index (χ0) is 21.5. The minimum atomic E-state index is -3.19. The summed E-state index contributed by atoms with van der Waals surface area (Å²) in [6.45, 7) is 5.86. The molecular weight excluding hydrogens is 410 g/mol. The Morgan fingerprint density at radius 3 is 2.73 bits per heavy atom. The number of nitrogens with zero attached hydrogens (tertiary/aromatic N) is 4. The van der Waals surface area contributed by atoms with Crippen LogP contribution in [0.15, 0.2) is 44.6 Å². The van der Waals surface area contributed by atoms with Crippen LogP contribution in [0.5, 0.6) is 0 Å². The maximum absolute atomic E-state index is 12.1. The predicted molar refractivity (Wildman–Crippen MR) is 111 cm³/mol. The van der Waals surface area contributed by atoms with E-state index < -0.39 is 21.3 Å². The molecule has 10 nitrogen and oxygen atoms in total. The van der Waals surface area contributed by atoms with E-state index in [0.29, 0.717) is 43.0 Å². The molecular formula is C19H23N5O5S. The summed E-state index contributed by atoms with van der Waals surface area (Å²) >= 11 is 0. The first-order valence-electron chi connectivity index (χ1n) is 9.71. The van der Waals surface area contributed by atoms with Crippen LogP contribution in [0.25, 0.3) is 16.8 Å². The second kappa shape index (κ2) is 7.82. The zero-order valence-electron chi connectivity index (χ0n) is 16.7. The van der Waals surface area contributed by atoms with Crippen molar-refractivity contribution in [2.45, 2.75) is 26.4 Å². The molecule has 0 aliphatic carbocycles. The van der Waals surface area contributed by atoms with Crippen LogP contribution in [0.2, 0.25) is 0 Å². The third-order valence-corrected chi connectivity index (χ3v) is 7.29. The number of aromatic nitrogens is 3. The molecule has 4 rings (SSSR count). The molecule has 1 aromatic carbocycles. The molecule has 0 spiro atoms. The summed E-state index contributed by atoms with van der Waals surface area (Å²) in [6, 6.07) is 6.94. The lowest BCUT2D eigenvalue weighted by atomic mass is 10.1. The van der Waals surface area contributed by atoms with Crippen molar-refractivity contribution >= 4 is 21.0 Å². The summed E-state index contributed by atoms with van der Waals surface area (Å²) in [4.78, 5) is 27.9. The molecule has 1 atom stereocenters. The quantitative estimate of drug-likeness (QED) is 0.623. The number of piperazine rings is 1. The molecule has 1 unspecified atom stereocenters. The van der Waals surface area contributed by atoms with Crippen LogP contribution in [0.1, 0.15) is 19.4 Å². The van der Waals surface area contributed by atoms with E-state index in [1.807, 2.05) is 19.1 Å². The van der Waals surface area contributed by atoms with Crippen molar-refractivity contribution in [1.82, 2.24) is 23.9 Å². The Balaban J connectivity index is 1.59. The van der Waals surface area contributed by atoms with Crippen LogP contribution in [-0.4, -0.2) is 63.8 Å². The minimum Gasteiger partial charge on any atom is -0.354 e. The monoisotopic (exact) mass is 433 g/mol. The topological polar surface area (TPSA) is 122 Å². The second-order valence-electron chi connectivity index (χ2n) is 7.39. The Morgan fingerprint density at radius 2 is 2.03 bits per heavy atom. The number of benzene rings is 1. The fraction of sp³-hybridized carbons (Fsp3) is 0.421. The van der Waals surface area contributed by atoms with Crippen LogP contribution in [0, 0.1) is 0 Å². The van der Waals surface area contributed by atoms with Crippen LogP contribution in [0.4, 0.5) is 0 Å². The standard InChI is InChI=1S/C19H23N5O5S/c1-3-30(27,28)23-9-8-22(13(2)11-23)12-14-4-5-16-15(10-14)18(21-29-16)24-7-6-17(25)20-19(24)26/h4-7,10,13H,3,8-9,11-12H2,1-2H3,(H,20,25,26).